The van der Waals surface area contributed by atoms with Gasteiger partial charge < -0.3 is 14.9 Å². The normalized spacial score (nSPS) is 15.7. The number of likely N-dealkylation sites (N-methyl/N-ethyl adjacent to an activating group) is 1. The topological polar surface area (TPSA) is 60.9 Å². The van der Waals surface area contributed by atoms with E-state index in [-0.39, 0.29) is 23.9 Å². The summed E-state index contributed by atoms with van der Waals surface area (Å²) in [5.41, 5.74) is 0.745. The Labute approximate surface area is 118 Å². The van der Waals surface area contributed by atoms with Crippen LogP contribution in [0.15, 0.2) is 24.3 Å². The molecule has 1 aromatic rings. The van der Waals surface area contributed by atoms with Crippen molar-refractivity contribution in [3.8, 4) is 0 Å². The molecule has 0 atom stereocenters. The maximum Gasteiger partial charge on any atom is 0.335 e. The fraction of sp³-hybridized carbons (Fsp3) is 0.385. The van der Waals surface area contributed by atoms with Gasteiger partial charge in [-0.15, -0.1) is 12.4 Å². The molecule has 2 rings (SSSR count). The summed E-state index contributed by atoms with van der Waals surface area (Å²) < 4.78 is 0. The van der Waals surface area contributed by atoms with Crippen molar-refractivity contribution in [2.75, 3.05) is 33.2 Å². The molecule has 0 aromatic heterocycles. The summed E-state index contributed by atoms with van der Waals surface area (Å²) in [5, 5.41) is 8.79. The van der Waals surface area contributed by atoms with E-state index in [9.17, 15) is 9.59 Å². The van der Waals surface area contributed by atoms with Crippen LogP contribution in [0.3, 0.4) is 0 Å². The van der Waals surface area contributed by atoms with Gasteiger partial charge in [-0.25, -0.2) is 4.79 Å². The van der Waals surface area contributed by atoms with Crippen molar-refractivity contribution >= 4 is 24.3 Å². The zero-order valence-corrected chi connectivity index (χ0v) is 11.5. The molecule has 1 aliphatic heterocycles. The second kappa shape index (κ2) is 6.54. The molecule has 6 heteroatoms. The first-order valence-corrected chi connectivity index (χ1v) is 5.89. The SMILES string of the molecule is CN1CCN(C(=O)c2ccc(C(=O)O)cc2)CC1.Cl. The van der Waals surface area contributed by atoms with Gasteiger partial charge in [-0.05, 0) is 31.3 Å². The van der Waals surface area contributed by atoms with Crippen LogP contribution in [-0.2, 0) is 0 Å². The third-order valence-corrected chi connectivity index (χ3v) is 3.17. The van der Waals surface area contributed by atoms with Crippen molar-refractivity contribution < 1.29 is 14.7 Å². The van der Waals surface area contributed by atoms with Gasteiger partial charge in [-0.3, -0.25) is 4.79 Å². The van der Waals surface area contributed by atoms with Crippen LogP contribution in [0.1, 0.15) is 20.7 Å². The average Bonchev–Trinajstić information content (AvgIpc) is 2.39. The fourth-order valence-corrected chi connectivity index (χ4v) is 1.95. The average molecular weight is 285 g/mol. The molecule has 1 aliphatic rings. The maximum absolute atomic E-state index is 12.1. The van der Waals surface area contributed by atoms with E-state index in [1.807, 2.05) is 7.05 Å². The Kier molecular flexibility index (Phi) is 5.32. The molecule has 1 fully saturated rings. The van der Waals surface area contributed by atoms with Crippen molar-refractivity contribution in [2.45, 2.75) is 0 Å². The summed E-state index contributed by atoms with van der Waals surface area (Å²) in [6.45, 7) is 3.18. The highest BCUT2D eigenvalue weighted by atomic mass is 35.5. The molecule has 1 heterocycles. The molecule has 0 saturated carbocycles. The molecule has 1 saturated heterocycles. The van der Waals surface area contributed by atoms with Crippen LogP contribution in [0.4, 0.5) is 0 Å². The molecule has 19 heavy (non-hydrogen) atoms. The number of nitrogens with zero attached hydrogens (tertiary/aromatic N) is 2. The summed E-state index contributed by atoms with van der Waals surface area (Å²) in [4.78, 5) is 26.8. The maximum atomic E-state index is 12.1. The van der Waals surface area contributed by atoms with Gasteiger partial charge in [0.2, 0.25) is 0 Å². The Hall–Kier alpha value is -1.59. The van der Waals surface area contributed by atoms with Crippen LogP contribution >= 0.6 is 12.4 Å². The number of carboxylic acid groups (broad SMARTS) is 1. The van der Waals surface area contributed by atoms with Crippen LogP contribution in [0.2, 0.25) is 0 Å². The molecular formula is C13H17ClN2O3. The van der Waals surface area contributed by atoms with E-state index >= 15 is 0 Å². The summed E-state index contributed by atoms with van der Waals surface area (Å²) in [5.74, 6) is -1.01. The lowest BCUT2D eigenvalue weighted by Gasteiger charge is -2.32. The van der Waals surface area contributed by atoms with Crippen molar-refractivity contribution in [1.82, 2.24) is 9.80 Å². The molecule has 5 nitrogen and oxygen atoms in total. The number of carboxylic acids is 1. The number of rotatable bonds is 2. The highest BCUT2D eigenvalue weighted by Gasteiger charge is 2.20. The number of benzene rings is 1. The van der Waals surface area contributed by atoms with Gasteiger partial charge in [0.1, 0.15) is 0 Å². The minimum atomic E-state index is -0.978. The van der Waals surface area contributed by atoms with Crippen LogP contribution in [0.25, 0.3) is 0 Å². The molecule has 104 valence electrons. The van der Waals surface area contributed by atoms with Crippen LogP contribution < -0.4 is 0 Å². The Balaban J connectivity index is 0.00000180. The second-order valence-electron chi connectivity index (χ2n) is 4.48. The van der Waals surface area contributed by atoms with E-state index in [0.717, 1.165) is 26.2 Å². The number of carbonyl (C=O) groups is 2. The van der Waals surface area contributed by atoms with Gasteiger partial charge in [-0.2, -0.15) is 0 Å². The van der Waals surface area contributed by atoms with Gasteiger partial charge in [0.05, 0.1) is 5.56 Å². The van der Waals surface area contributed by atoms with Gasteiger partial charge in [0, 0.05) is 31.7 Å². The lowest BCUT2D eigenvalue weighted by molar-refractivity contribution is 0.0659. The summed E-state index contributed by atoms with van der Waals surface area (Å²) in [6, 6.07) is 6.07. The lowest BCUT2D eigenvalue weighted by atomic mass is 10.1. The van der Waals surface area contributed by atoms with Gasteiger partial charge in [0.25, 0.3) is 5.91 Å². The molecular weight excluding hydrogens is 268 g/mol. The highest BCUT2D eigenvalue weighted by Crippen LogP contribution is 2.10. The number of halogens is 1. The van der Waals surface area contributed by atoms with Crippen LogP contribution in [0.5, 0.6) is 0 Å². The quantitative estimate of drug-likeness (QED) is 0.886. The first-order valence-electron chi connectivity index (χ1n) is 5.89. The molecule has 1 aromatic carbocycles. The Morgan fingerprint density at radius 1 is 1.00 bits per heavy atom. The minimum Gasteiger partial charge on any atom is -0.478 e. The van der Waals surface area contributed by atoms with E-state index in [2.05, 4.69) is 4.90 Å². The third kappa shape index (κ3) is 3.68. The lowest BCUT2D eigenvalue weighted by Crippen LogP contribution is -2.47. The first kappa shape index (κ1) is 15.5. The van der Waals surface area contributed by atoms with Gasteiger partial charge >= 0.3 is 5.97 Å². The first-order chi connectivity index (χ1) is 8.58. The van der Waals surface area contributed by atoms with Crippen molar-refractivity contribution in [3.63, 3.8) is 0 Å². The molecule has 0 unspecified atom stereocenters. The number of carbonyl (C=O) groups excluding carboxylic acids is 1. The van der Waals surface area contributed by atoms with Gasteiger partial charge in [-0.1, -0.05) is 0 Å². The summed E-state index contributed by atoms with van der Waals surface area (Å²) >= 11 is 0. The monoisotopic (exact) mass is 284 g/mol. The smallest absolute Gasteiger partial charge is 0.335 e. The zero-order valence-electron chi connectivity index (χ0n) is 10.7. The van der Waals surface area contributed by atoms with Crippen LogP contribution in [0, 0.1) is 0 Å². The van der Waals surface area contributed by atoms with Crippen molar-refractivity contribution in [1.29, 1.82) is 0 Å². The van der Waals surface area contributed by atoms with Crippen molar-refractivity contribution in [2.24, 2.45) is 0 Å². The van der Waals surface area contributed by atoms with E-state index in [4.69, 9.17) is 5.11 Å². The Morgan fingerprint density at radius 3 is 1.95 bits per heavy atom. The highest BCUT2D eigenvalue weighted by molar-refractivity contribution is 5.96. The summed E-state index contributed by atoms with van der Waals surface area (Å²) in [6.07, 6.45) is 0. The zero-order chi connectivity index (χ0) is 13.1. The largest absolute Gasteiger partial charge is 0.478 e. The van der Waals surface area contributed by atoms with E-state index < -0.39 is 5.97 Å². The molecule has 0 spiro atoms. The van der Waals surface area contributed by atoms with E-state index in [1.54, 1.807) is 17.0 Å². The van der Waals surface area contributed by atoms with Crippen molar-refractivity contribution in [3.05, 3.63) is 35.4 Å². The third-order valence-electron chi connectivity index (χ3n) is 3.17. The molecule has 1 amide bonds. The number of aromatic carboxylic acids is 1. The molecule has 0 radical (unpaired) electrons. The molecule has 0 aliphatic carbocycles. The van der Waals surface area contributed by atoms with E-state index in [1.165, 1.54) is 12.1 Å². The predicted octanol–water partition coefficient (Wildman–Crippen LogP) is 1.19. The van der Waals surface area contributed by atoms with Crippen LogP contribution in [-0.4, -0.2) is 60.0 Å². The number of hydrogen-bond acceptors (Lipinski definition) is 3. The molecule has 1 N–H and O–H groups in total. The number of hydrogen-bond donors (Lipinski definition) is 1. The summed E-state index contributed by atoms with van der Waals surface area (Å²) in [7, 11) is 2.03. The molecule has 0 bridgehead atoms. The minimum absolute atomic E-state index is 0. The number of piperazine rings is 1. The predicted molar refractivity (Wildman–Crippen MR) is 74.0 cm³/mol. The van der Waals surface area contributed by atoms with Gasteiger partial charge in [0.15, 0.2) is 0 Å². The second-order valence-corrected chi connectivity index (χ2v) is 4.48. The Morgan fingerprint density at radius 2 is 1.47 bits per heavy atom. The number of amides is 1. The standard InChI is InChI=1S/C13H16N2O3.ClH/c1-14-6-8-15(9-7-14)12(16)10-2-4-11(5-3-10)13(17)18;/h2-5H,6-9H2,1H3,(H,17,18);1H. The fourth-order valence-electron chi connectivity index (χ4n) is 1.95. The van der Waals surface area contributed by atoms with E-state index in [0.29, 0.717) is 5.56 Å². The Bertz CT molecular complexity index is 453.